The quantitative estimate of drug-likeness (QED) is 0.776. The molecule has 0 bridgehead atoms. The van der Waals surface area contributed by atoms with E-state index in [0.717, 1.165) is 12.1 Å². The summed E-state index contributed by atoms with van der Waals surface area (Å²) in [4.78, 5) is 11.7. The molecule has 1 aliphatic rings. The van der Waals surface area contributed by atoms with Gasteiger partial charge in [0.15, 0.2) is 5.78 Å². The molecule has 2 rings (SSSR count). The second kappa shape index (κ2) is 6.02. The SMILES string of the molecule is O=C(COC1CCOCC1)c1c(F)cccc1F. The van der Waals surface area contributed by atoms with Gasteiger partial charge in [-0.25, -0.2) is 8.78 Å². The zero-order valence-electron chi connectivity index (χ0n) is 9.83. The summed E-state index contributed by atoms with van der Waals surface area (Å²) in [5, 5.41) is 0. The molecule has 0 aliphatic carbocycles. The summed E-state index contributed by atoms with van der Waals surface area (Å²) in [5.41, 5.74) is -0.524. The number of hydrogen-bond acceptors (Lipinski definition) is 3. The van der Waals surface area contributed by atoms with Crippen LogP contribution in [0.1, 0.15) is 23.2 Å². The van der Waals surface area contributed by atoms with Gasteiger partial charge in [0.25, 0.3) is 0 Å². The summed E-state index contributed by atoms with van der Waals surface area (Å²) < 4.78 is 37.2. The molecule has 0 saturated carbocycles. The number of Topliss-reactive ketones (excluding diaryl/α,β-unsaturated/α-hetero) is 1. The minimum absolute atomic E-state index is 0.0717. The summed E-state index contributed by atoms with van der Waals surface area (Å²) in [7, 11) is 0. The van der Waals surface area contributed by atoms with Gasteiger partial charge in [-0.1, -0.05) is 6.07 Å². The largest absolute Gasteiger partial charge is 0.381 e. The number of carbonyl (C=O) groups is 1. The lowest BCUT2D eigenvalue weighted by molar-refractivity contribution is -0.0263. The highest BCUT2D eigenvalue weighted by Crippen LogP contribution is 2.15. The number of hydrogen-bond donors (Lipinski definition) is 0. The van der Waals surface area contributed by atoms with Crippen molar-refractivity contribution in [3.63, 3.8) is 0 Å². The molecule has 0 amide bonds. The topological polar surface area (TPSA) is 35.5 Å². The van der Waals surface area contributed by atoms with Crippen molar-refractivity contribution in [2.75, 3.05) is 19.8 Å². The number of carbonyl (C=O) groups excluding carboxylic acids is 1. The fraction of sp³-hybridized carbons (Fsp3) is 0.462. The van der Waals surface area contributed by atoms with Crippen molar-refractivity contribution in [3.05, 3.63) is 35.4 Å². The Bertz CT molecular complexity index is 408. The van der Waals surface area contributed by atoms with Gasteiger partial charge in [-0.15, -0.1) is 0 Å². The van der Waals surface area contributed by atoms with Gasteiger partial charge in [0.1, 0.15) is 18.2 Å². The molecule has 5 heteroatoms. The van der Waals surface area contributed by atoms with Gasteiger partial charge in [0, 0.05) is 13.2 Å². The van der Waals surface area contributed by atoms with E-state index < -0.39 is 23.0 Å². The van der Waals surface area contributed by atoms with Crippen LogP contribution in [-0.2, 0) is 9.47 Å². The first-order valence-corrected chi connectivity index (χ1v) is 5.85. The van der Waals surface area contributed by atoms with Crippen molar-refractivity contribution in [3.8, 4) is 0 Å². The molecular weight excluding hydrogens is 242 g/mol. The predicted octanol–water partition coefficient (Wildman–Crippen LogP) is 2.34. The van der Waals surface area contributed by atoms with Crippen molar-refractivity contribution >= 4 is 5.78 Å². The number of ether oxygens (including phenoxy) is 2. The maximum Gasteiger partial charge on any atom is 0.194 e. The Hall–Kier alpha value is -1.33. The molecule has 1 heterocycles. The molecular formula is C13H14F2O3. The number of rotatable bonds is 4. The van der Waals surface area contributed by atoms with E-state index in [4.69, 9.17) is 9.47 Å². The summed E-state index contributed by atoms with van der Waals surface area (Å²) in [6, 6.07) is 3.34. The first-order valence-electron chi connectivity index (χ1n) is 5.85. The fourth-order valence-corrected chi connectivity index (χ4v) is 1.87. The lowest BCUT2D eigenvalue weighted by atomic mass is 10.1. The highest BCUT2D eigenvalue weighted by molar-refractivity contribution is 5.97. The molecule has 1 aromatic rings. The Morgan fingerprint density at radius 1 is 1.28 bits per heavy atom. The first kappa shape index (κ1) is 13.1. The Morgan fingerprint density at radius 2 is 1.89 bits per heavy atom. The monoisotopic (exact) mass is 256 g/mol. The molecule has 0 unspecified atom stereocenters. The second-order valence-corrected chi connectivity index (χ2v) is 4.14. The van der Waals surface area contributed by atoms with E-state index in [1.165, 1.54) is 6.07 Å². The lowest BCUT2D eigenvalue weighted by Gasteiger charge is -2.22. The van der Waals surface area contributed by atoms with Gasteiger partial charge in [0.05, 0.1) is 11.7 Å². The zero-order chi connectivity index (χ0) is 13.0. The smallest absolute Gasteiger partial charge is 0.194 e. The summed E-state index contributed by atoms with van der Waals surface area (Å²) >= 11 is 0. The summed E-state index contributed by atoms with van der Waals surface area (Å²) in [5.74, 6) is -2.37. The van der Waals surface area contributed by atoms with Crippen LogP contribution in [0.3, 0.4) is 0 Å². The highest BCUT2D eigenvalue weighted by atomic mass is 19.1. The number of halogens is 2. The van der Waals surface area contributed by atoms with E-state index in [0.29, 0.717) is 26.1 Å². The maximum absolute atomic E-state index is 13.3. The normalized spacial score (nSPS) is 16.8. The van der Waals surface area contributed by atoms with Crippen molar-refractivity contribution < 1.29 is 23.0 Å². The Labute approximate surface area is 104 Å². The zero-order valence-corrected chi connectivity index (χ0v) is 9.83. The lowest BCUT2D eigenvalue weighted by Crippen LogP contribution is -2.26. The minimum Gasteiger partial charge on any atom is -0.381 e. The van der Waals surface area contributed by atoms with Crippen LogP contribution in [0.2, 0.25) is 0 Å². The van der Waals surface area contributed by atoms with E-state index in [2.05, 4.69) is 0 Å². The van der Waals surface area contributed by atoms with Gasteiger partial charge in [-0.3, -0.25) is 4.79 Å². The van der Waals surface area contributed by atoms with Gasteiger partial charge >= 0.3 is 0 Å². The predicted molar refractivity (Wildman–Crippen MR) is 60.5 cm³/mol. The molecule has 1 saturated heterocycles. The molecule has 1 fully saturated rings. The molecule has 0 radical (unpaired) electrons. The number of benzene rings is 1. The third-order valence-corrected chi connectivity index (χ3v) is 2.86. The van der Waals surface area contributed by atoms with Gasteiger partial charge in [-0.05, 0) is 25.0 Å². The van der Waals surface area contributed by atoms with Crippen molar-refractivity contribution in [2.45, 2.75) is 18.9 Å². The molecule has 1 aliphatic heterocycles. The Balaban J connectivity index is 1.95. The van der Waals surface area contributed by atoms with Gasteiger partial charge in [-0.2, -0.15) is 0 Å². The van der Waals surface area contributed by atoms with Crippen LogP contribution in [0.15, 0.2) is 18.2 Å². The molecule has 3 nitrogen and oxygen atoms in total. The number of ketones is 1. The molecule has 0 atom stereocenters. The third-order valence-electron chi connectivity index (χ3n) is 2.86. The maximum atomic E-state index is 13.3. The van der Waals surface area contributed by atoms with Crippen LogP contribution in [0.5, 0.6) is 0 Å². The Morgan fingerprint density at radius 3 is 2.50 bits per heavy atom. The van der Waals surface area contributed by atoms with Crippen LogP contribution in [0.4, 0.5) is 8.78 Å². The van der Waals surface area contributed by atoms with Crippen molar-refractivity contribution in [1.29, 1.82) is 0 Å². The average molecular weight is 256 g/mol. The van der Waals surface area contributed by atoms with Gasteiger partial charge in [0.2, 0.25) is 0 Å². The van der Waals surface area contributed by atoms with E-state index in [-0.39, 0.29) is 12.7 Å². The average Bonchev–Trinajstić information content (AvgIpc) is 2.37. The van der Waals surface area contributed by atoms with E-state index in [1.807, 2.05) is 0 Å². The second-order valence-electron chi connectivity index (χ2n) is 4.14. The molecule has 18 heavy (non-hydrogen) atoms. The van der Waals surface area contributed by atoms with Crippen LogP contribution < -0.4 is 0 Å². The van der Waals surface area contributed by atoms with Crippen LogP contribution in [0.25, 0.3) is 0 Å². The van der Waals surface area contributed by atoms with Crippen LogP contribution in [-0.4, -0.2) is 31.7 Å². The van der Waals surface area contributed by atoms with Gasteiger partial charge < -0.3 is 9.47 Å². The summed E-state index contributed by atoms with van der Waals surface area (Å²) in [6.45, 7) is 0.877. The minimum atomic E-state index is -0.851. The van der Waals surface area contributed by atoms with E-state index in [1.54, 1.807) is 0 Å². The van der Waals surface area contributed by atoms with E-state index >= 15 is 0 Å². The van der Waals surface area contributed by atoms with Crippen LogP contribution in [0, 0.1) is 11.6 Å². The standard InChI is InChI=1S/C13H14F2O3/c14-10-2-1-3-11(15)13(10)12(16)8-18-9-4-6-17-7-5-9/h1-3,9H,4-8H2. The van der Waals surface area contributed by atoms with Crippen LogP contribution >= 0.6 is 0 Å². The first-order chi connectivity index (χ1) is 8.68. The van der Waals surface area contributed by atoms with Crippen molar-refractivity contribution in [2.24, 2.45) is 0 Å². The molecule has 1 aromatic carbocycles. The molecule has 0 aromatic heterocycles. The Kier molecular flexibility index (Phi) is 4.38. The fourth-order valence-electron chi connectivity index (χ4n) is 1.87. The molecule has 0 spiro atoms. The van der Waals surface area contributed by atoms with E-state index in [9.17, 15) is 13.6 Å². The molecule has 98 valence electrons. The third kappa shape index (κ3) is 3.11. The molecule has 0 N–H and O–H groups in total. The summed E-state index contributed by atoms with van der Waals surface area (Å²) in [6.07, 6.45) is 1.33. The van der Waals surface area contributed by atoms with Crippen molar-refractivity contribution in [1.82, 2.24) is 0 Å². The highest BCUT2D eigenvalue weighted by Gasteiger charge is 2.20.